The average Bonchev–Trinajstić information content (AvgIpc) is 3.26. The minimum absolute atomic E-state index is 0.108. The fourth-order valence-corrected chi connectivity index (χ4v) is 4.52. The first-order valence-electron chi connectivity index (χ1n) is 8.86. The number of aliphatic hydroxyl groups excluding tert-OH is 2. The fraction of sp³-hybridized carbons (Fsp3) is 0.412. The van der Waals surface area contributed by atoms with Gasteiger partial charge in [0.2, 0.25) is 0 Å². The number of H-pyrrole nitrogens is 1. The molecule has 11 nitrogen and oxygen atoms in total. The number of nitrogens with one attached hydrogen (secondary N) is 2. The Labute approximate surface area is 168 Å². The molecule has 4 N–H and O–H groups in total. The van der Waals surface area contributed by atoms with Gasteiger partial charge in [-0.3, -0.25) is 14.9 Å². The summed E-state index contributed by atoms with van der Waals surface area (Å²) >= 11 is 1.02. The van der Waals surface area contributed by atoms with E-state index in [4.69, 9.17) is 4.74 Å². The number of ether oxygens (including phenoxy) is 1. The predicted molar refractivity (Wildman–Crippen MR) is 105 cm³/mol. The van der Waals surface area contributed by atoms with Gasteiger partial charge in [-0.2, -0.15) is 0 Å². The number of anilines is 2. The van der Waals surface area contributed by atoms with Crippen LogP contribution in [0.5, 0.6) is 0 Å². The molecule has 2 aromatic rings. The summed E-state index contributed by atoms with van der Waals surface area (Å²) < 4.78 is 5.75. The molecule has 0 amide bonds. The van der Waals surface area contributed by atoms with Gasteiger partial charge in [-0.05, 0) is 5.56 Å². The molecule has 5 atom stereocenters. The maximum Gasteiger partial charge on any atom is 0.287 e. The van der Waals surface area contributed by atoms with Gasteiger partial charge in [0.1, 0.15) is 17.9 Å². The highest BCUT2D eigenvalue weighted by atomic mass is 32.2. The second kappa shape index (κ2) is 7.99. The number of hydrogen-bond acceptors (Lipinski definition) is 10. The van der Waals surface area contributed by atoms with E-state index in [0.717, 1.165) is 17.3 Å². The molecule has 0 saturated carbocycles. The fourth-order valence-electron chi connectivity index (χ4n) is 3.43. The summed E-state index contributed by atoms with van der Waals surface area (Å²) in [6, 6.07) is 9.23. The predicted octanol–water partition coefficient (Wildman–Crippen LogP) is -0.0578. The highest BCUT2D eigenvalue weighted by Gasteiger charge is 2.54. The second-order valence-corrected chi connectivity index (χ2v) is 7.78. The molecule has 2 aliphatic heterocycles. The Bertz CT molecular complexity index is 943. The van der Waals surface area contributed by atoms with Gasteiger partial charge in [0.05, 0.1) is 13.0 Å². The molecule has 4 rings (SSSR count). The van der Waals surface area contributed by atoms with Crippen molar-refractivity contribution in [2.24, 2.45) is 0 Å². The molecule has 1 fully saturated rings. The smallest absolute Gasteiger partial charge is 0.287 e. The Morgan fingerprint density at radius 1 is 1.34 bits per heavy atom. The number of thioether (sulfide) groups is 1. The summed E-state index contributed by atoms with van der Waals surface area (Å²) in [5.74, 6) is 0.602. The van der Waals surface area contributed by atoms with Gasteiger partial charge in [0, 0.05) is 10.7 Å². The Balaban J connectivity index is 1.52. The van der Waals surface area contributed by atoms with Crippen LogP contribution in [0.15, 0.2) is 41.5 Å². The lowest BCUT2D eigenvalue weighted by molar-refractivity contribution is -0.508. The van der Waals surface area contributed by atoms with Crippen molar-refractivity contribution in [3.8, 4) is 0 Å². The largest absolute Gasteiger partial charge is 0.387 e. The molecule has 0 aliphatic carbocycles. The molecule has 0 bridgehead atoms. The number of hydrogen-bond donors (Lipinski definition) is 4. The van der Waals surface area contributed by atoms with Crippen LogP contribution in [-0.2, 0) is 10.5 Å². The standard InChI is InChI=1S/C17H19N5O6S/c23-11-12(24)16(21-8-20-10-14(21)18-7-19-15(10)25)28-13(11)17(22(26)27)29-6-9-4-2-1-3-5-9/h1-5,7,11-13,16-17,20,23-24H,6,8H2,(H,18,19,25)/t11-,12+,13-,16+,17?/m0/s1. The lowest BCUT2D eigenvalue weighted by Gasteiger charge is -2.26. The van der Waals surface area contributed by atoms with Gasteiger partial charge in [0.25, 0.3) is 10.9 Å². The lowest BCUT2D eigenvalue weighted by Crippen LogP contribution is -2.44. The molecule has 1 aromatic carbocycles. The van der Waals surface area contributed by atoms with E-state index < -0.39 is 34.8 Å². The van der Waals surface area contributed by atoms with E-state index >= 15 is 0 Å². The molecular weight excluding hydrogens is 402 g/mol. The Morgan fingerprint density at radius 3 is 2.83 bits per heavy atom. The van der Waals surface area contributed by atoms with Crippen LogP contribution in [0.4, 0.5) is 11.5 Å². The third-order valence-corrected chi connectivity index (χ3v) is 6.15. The monoisotopic (exact) mass is 421 g/mol. The maximum absolute atomic E-state index is 11.9. The van der Waals surface area contributed by atoms with Crippen molar-refractivity contribution in [2.45, 2.75) is 35.7 Å². The van der Waals surface area contributed by atoms with Crippen LogP contribution in [0.3, 0.4) is 0 Å². The van der Waals surface area contributed by atoms with Crippen LogP contribution in [-0.4, -0.2) is 61.7 Å². The molecule has 0 radical (unpaired) electrons. The van der Waals surface area contributed by atoms with Crippen molar-refractivity contribution < 1.29 is 19.9 Å². The number of benzene rings is 1. The highest BCUT2D eigenvalue weighted by Crippen LogP contribution is 2.36. The van der Waals surface area contributed by atoms with Crippen LogP contribution in [0.2, 0.25) is 0 Å². The number of fused-ring (bicyclic) bond motifs is 1. The van der Waals surface area contributed by atoms with E-state index in [2.05, 4.69) is 15.3 Å². The van der Waals surface area contributed by atoms with Gasteiger partial charge in [-0.1, -0.05) is 42.1 Å². The van der Waals surface area contributed by atoms with Gasteiger partial charge in [-0.25, -0.2) is 4.98 Å². The highest BCUT2D eigenvalue weighted by molar-refractivity contribution is 7.99. The number of nitro groups is 1. The molecule has 29 heavy (non-hydrogen) atoms. The zero-order chi connectivity index (χ0) is 20.5. The van der Waals surface area contributed by atoms with Gasteiger partial charge in [0.15, 0.2) is 18.1 Å². The minimum atomic E-state index is -1.47. The minimum Gasteiger partial charge on any atom is -0.387 e. The Kier molecular flexibility index (Phi) is 5.41. The van der Waals surface area contributed by atoms with Crippen molar-refractivity contribution in [1.29, 1.82) is 0 Å². The zero-order valence-electron chi connectivity index (χ0n) is 15.0. The van der Waals surface area contributed by atoms with Crippen LogP contribution in [0, 0.1) is 10.1 Å². The van der Waals surface area contributed by atoms with Crippen molar-refractivity contribution >= 4 is 23.3 Å². The SMILES string of the molecule is O=c1[nH]cnc2c1NCN2[C@@H]1O[C@H](C(SCc2ccccc2)[N+](=O)[O-])[C@@H](O)[C@H]1O. The van der Waals surface area contributed by atoms with Gasteiger partial charge < -0.3 is 30.2 Å². The molecule has 2 aliphatic rings. The molecule has 0 spiro atoms. The Hall–Kier alpha value is -2.67. The number of aromatic amines is 1. The van der Waals surface area contributed by atoms with Crippen molar-refractivity contribution in [1.82, 2.24) is 9.97 Å². The summed E-state index contributed by atoms with van der Waals surface area (Å²) in [6.45, 7) is 0.108. The molecule has 154 valence electrons. The third kappa shape index (κ3) is 3.67. The lowest BCUT2D eigenvalue weighted by atomic mass is 10.1. The molecule has 12 heteroatoms. The molecule has 3 heterocycles. The van der Waals surface area contributed by atoms with Crippen molar-refractivity contribution in [3.05, 3.63) is 62.7 Å². The van der Waals surface area contributed by atoms with E-state index in [0.29, 0.717) is 5.75 Å². The molecule has 1 saturated heterocycles. The Morgan fingerprint density at radius 2 is 2.10 bits per heavy atom. The normalized spacial score (nSPS) is 26.8. The van der Waals surface area contributed by atoms with E-state index in [1.54, 1.807) is 0 Å². The zero-order valence-corrected chi connectivity index (χ0v) is 15.9. The third-order valence-electron chi connectivity index (χ3n) is 4.87. The molecular formula is C17H19N5O6S. The summed E-state index contributed by atoms with van der Waals surface area (Å²) in [5.41, 5.74) is 0.726. The molecule has 1 aromatic heterocycles. The van der Waals surface area contributed by atoms with Crippen LogP contribution in [0.1, 0.15) is 5.56 Å². The quantitative estimate of drug-likeness (QED) is 0.283. The van der Waals surface area contributed by atoms with Gasteiger partial charge in [-0.15, -0.1) is 0 Å². The summed E-state index contributed by atoms with van der Waals surface area (Å²) in [6.07, 6.45) is -3.98. The van der Waals surface area contributed by atoms with E-state index in [1.165, 1.54) is 11.2 Å². The maximum atomic E-state index is 11.9. The first-order valence-corrected chi connectivity index (χ1v) is 9.91. The van der Waals surface area contributed by atoms with Gasteiger partial charge >= 0.3 is 0 Å². The average molecular weight is 421 g/mol. The van der Waals surface area contributed by atoms with Crippen molar-refractivity contribution in [2.75, 3.05) is 16.9 Å². The molecule has 1 unspecified atom stereocenters. The van der Waals surface area contributed by atoms with E-state index in [9.17, 15) is 25.1 Å². The summed E-state index contributed by atoms with van der Waals surface area (Å²) in [7, 11) is 0. The van der Waals surface area contributed by atoms with E-state index in [1.807, 2.05) is 30.3 Å². The second-order valence-electron chi connectivity index (χ2n) is 6.68. The number of aliphatic hydroxyl groups is 2. The van der Waals surface area contributed by atoms with Crippen LogP contribution >= 0.6 is 11.8 Å². The number of aromatic nitrogens is 2. The number of nitrogens with zero attached hydrogens (tertiary/aromatic N) is 3. The van der Waals surface area contributed by atoms with E-state index in [-0.39, 0.29) is 23.7 Å². The van der Waals surface area contributed by atoms with Crippen LogP contribution in [0.25, 0.3) is 0 Å². The number of rotatable bonds is 6. The topological polar surface area (TPSA) is 154 Å². The van der Waals surface area contributed by atoms with Crippen LogP contribution < -0.4 is 15.8 Å². The first kappa shape index (κ1) is 19.6. The van der Waals surface area contributed by atoms with Crippen molar-refractivity contribution in [3.63, 3.8) is 0 Å². The summed E-state index contributed by atoms with van der Waals surface area (Å²) in [4.78, 5) is 31.0. The summed E-state index contributed by atoms with van der Waals surface area (Å²) in [5, 5.41) is 34.2. The first-order chi connectivity index (χ1) is 14.0.